The van der Waals surface area contributed by atoms with Crippen molar-refractivity contribution < 1.29 is 14.1 Å². The average molecular weight is 428 g/mol. The first-order valence-electron chi connectivity index (χ1n) is 11.6. The van der Waals surface area contributed by atoms with Gasteiger partial charge in [0.25, 0.3) is 11.8 Å². The van der Waals surface area contributed by atoms with Crippen LogP contribution in [0.2, 0.25) is 0 Å². The van der Waals surface area contributed by atoms with Gasteiger partial charge < -0.3 is 14.3 Å². The molecule has 3 heterocycles. The number of amides is 2. The number of rotatable bonds is 6. The number of carbonyl (C=O) groups is 2. The number of aryl methyl sites for hydroxylation is 1. The van der Waals surface area contributed by atoms with Crippen LogP contribution in [0.3, 0.4) is 0 Å². The van der Waals surface area contributed by atoms with Crippen molar-refractivity contribution in [2.24, 2.45) is 0 Å². The molecule has 2 amide bonds. The Balaban J connectivity index is 1.45. The van der Waals surface area contributed by atoms with Gasteiger partial charge in [-0.15, -0.1) is 0 Å². The van der Waals surface area contributed by atoms with E-state index in [1.807, 2.05) is 16.8 Å². The van der Waals surface area contributed by atoms with E-state index >= 15 is 0 Å². The monoisotopic (exact) mass is 427 g/mol. The van der Waals surface area contributed by atoms with Gasteiger partial charge in [-0.25, -0.2) is 0 Å². The molecule has 0 radical (unpaired) electrons. The minimum Gasteiger partial charge on any atom is -0.361 e. The quantitative estimate of drug-likeness (QED) is 0.757. The third kappa shape index (κ3) is 4.67. The Morgan fingerprint density at radius 2 is 2.03 bits per heavy atom. The molecule has 0 spiro atoms. The first-order chi connectivity index (χ1) is 15.1. The Morgan fingerprint density at radius 1 is 1.23 bits per heavy atom. The number of aromatic nitrogens is 3. The van der Waals surface area contributed by atoms with E-state index in [0.717, 1.165) is 50.0 Å². The fourth-order valence-electron chi connectivity index (χ4n) is 4.94. The molecule has 4 rings (SSSR count). The van der Waals surface area contributed by atoms with E-state index in [2.05, 4.69) is 22.3 Å². The Kier molecular flexibility index (Phi) is 6.73. The zero-order valence-electron chi connectivity index (χ0n) is 18.6. The Bertz CT molecular complexity index is 899. The molecule has 8 nitrogen and oxygen atoms in total. The summed E-state index contributed by atoms with van der Waals surface area (Å²) in [6.45, 7) is 3.29. The molecule has 0 aromatic carbocycles. The van der Waals surface area contributed by atoms with Gasteiger partial charge >= 0.3 is 0 Å². The van der Waals surface area contributed by atoms with E-state index < -0.39 is 0 Å². The molecule has 2 aliphatic rings. The largest absolute Gasteiger partial charge is 0.361 e. The third-order valence-corrected chi connectivity index (χ3v) is 6.73. The van der Waals surface area contributed by atoms with Crippen molar-refractivity contribution in [3.63, 3.8) is 0 Å². The second-order valence-corrected chi connectivity index (χ2v) is 8.92. The van der Waals surface area contributed by atoms with E-state index in [9.17, 15) is 9.59 Å². The summed E-state index contributed by atoms with van der Waals surface area (Å²) < 4.78 is 5.29. The number of nitrogens with zero attached hydrogens (tertiary/aromatic N) is 4. The fraction of sp³-hybridized carbons (Fsp3) is 0.652. The number of hydrogen-bond acceptors (Lipinski definition) is 5. The first-order valence-corrected chi connectivity index (χ1v) is 11.6. The molecule has 2 fully saturated rings. The number of aromatic amines is 1. The van der Waals surface area contributed by atoms with Crippen molar-refractivity contribution in [2.75, 3.05) is 20.1 Å². The highest BCUT2D eigenvalue weighted by molar-refractivity contribution is 5.95. The topological polar surface area (TPSA) is 95.3 Å². The van der Waals surface area contributed by atoms with Gasteiger partial charge in [0.1, 0.15) is 5.76 Å². The molecule has 2 aromatic rings. The first kappa shape index (κ1) is 21.6. The molecule has 168 valence electrons. The van der Waals surface area contributed by atoms with Crippen LogP contribution >= 0.6 is 0 Å². The van der Waals surface area contributed by atoms with Gasteiger partial charge in [0.05, 0.1) is 17.5 Å². The number of piperidine rings is 1. The molecular formula is C23H33N5O3. The smallest absolute Gasteiger partial charge is 0.276 e. The Hall–Kier alpha value is -2.64. The van der Waals surface area contributed by atoms with Gasteiger partial charge in [-0.3, -0.25) is 14.7 Å². The van der Waals surface area contributed by atoms with Crippen LogP contribution in [0.5, 0.6) is 0 Å². The molecule has 1 aliphatic carbocycles. The van der Waals surface area contributed by atoms with Gasteiger partial charge in [0.15, 0.2) is 5.69 Å². The molecule has 1 saturated carbocycles. The maximum atomic E-state index is 13.2. The summed E-state index contributed by atoms with van der Waals surface area (Å²) in [6.07, 6.45) is 10.9. The van der Waals surface area contributed by atoms with Gasteiger partial charge in [0.2, 0.25) is 0 Å². The lowest BCUT2D eigenvalue weighted by atomic mass is 9.91. The lowest BCUT2D eigenvalue weighted by molar-refractivity contribution is 0.0687. The summed E-state index contributed by atoms with van der Waals surface area (Å²) in [4.78, 5) is 29.9. The van der Waals surface area contributed by atoms with E-state index in [1.165, 1.54) is 19.3 Å². The van der Waals surface area contributed by atoms with E-state index in [4.69, 9.17) is 4.52 Å². The minimum atomic E-state index is -0.109. The molecule has 1 N–H and O–H groups in total. The summed E-state index contributed by atoms with van der Waals surface area (Å²) in [7, 11) is 1.91. The zero-order chi connectivity index (χ0) is 21.8. The SMILES string of the molecule is CCCc1cc(C(=O)N2CCCC(c3[nH]ncc3C(=O)N(C)C3CCCCC3)C2)no1. The number of carbonyl (C=O) groups excluding carboxylic acids is 2. The summed E-state index contributed by atoms with van der Waals surface area (Å²) in [6, 6.07) is 2.05. The van der Waals surface area contributed by atoms with Gasteiger partial charge in [-0.1, -0.05) is 31.3 Å². The lowest BCUT2D eigenvalue weighted by Crippen LogP contribution is -2.41. The Morgan fingerprint density at radius 3 is 2.81 bits per heavy atom. The number of hydrogen-bond donors (Lipinski definition) is 1. The van der Waals surface area contributed by atoms with Crippen LogP contribution in [-0.4, -0.2) is 63.1 Å². The Labute approximate surface area is 183 Å². The fourth-order valence-corrected chi connectivity index (χ4v) is 4.94. The standard InChI is InChI=1S/C23H33N5O3/c1-3-8-18-13-20(26-31-18)23(30)28-12-7-9-16(15-28)21-19(14-24-25-21)22(29)27(2)17-10-5-4-6-11-17/h13-14,16-17H,3-12,15H2,1-2H3,(H,24,25). The highest BCUT2D eigenvalue weighted by Gasteiger charge is 2.32. The van der Waals surface area contributed by atoms with Crippen LogP contribution in [0.4, 0.5) is 0 Å². The maximum Gasteiger partial charge on any atom is 0.276 e. The van der Waals surface area contributed by atoms with Crippen molar-refractivity contribution in [3.8, 4) is 0 Å². The molecule has 1 atom stereocenters. The predicted octanol–water partition coefficient (Wildman–Crippen LogP) is 3.77. The molecule has 1 saturated heterocycles. The van der Waals surface area contributed by atoms with Gasteiger partial charge in [-0.2, -0.15) is 5.10 Å². The van der Waals surface area contributed by atoms with Crippen LogP contribution in [0.15, 0.2) is 16.8 Å². The van der Waals surface area contributed by atoms with Crippen LogP contribution in [0.25, 0.3) is 0 Å². The highest BCUT2D eigenvalue weighted by Crippen LogP contribution is 2.30. The second kappa shape index (κ2) is 9.66. The maximum absolute atomic E-state index is 13.2. The summed E-state index contributed by atoms with van der Waals surface area (Å²) >= 11 is 0. The summed E-state index contributed by atoms with van der Waals surface area (Å²) in [5.41, 5.74) is 1.85. The van der Waals surface area contributed by atoms with Gasteiger partial charge in [0, 0.05) is 44.6 Å². The van der Waals surface area contributed by atoms with Gasteiger partial charge in [-0.05, 0) is 32.1 Å². The second-order valence-electron chi connectivity index (χ2n) is 8.92. The molecule has 0 bridgehead atoms. The minimum absolute atomic E-state index is 0.0276. The van der Waals surface area contributed by atoms with Crippen molar-refractivity contribution >= 4 is 11.8 Å². The zero-order valence-corrected chi connectivity index (χ0v) is 18.6. The third-order valence-electron chi connectivity index (χ3n) is 6.73. The molecule has 1 unspecified atom stereocenters. The molecule has 31 heavy (non-hydrogen) atoms. The molecule has 8 heteroatoms. The molecular weight excluding hydrogens is 394 g/mol. The van der Waals surface area contributed by atoms with Crippen molar-refractivity contribution in [1.29, 1.82) is 0 Å². The van der Waals surface area contributed by atoms with Crippen molar-refractivity contribution in [3.05, 3.63) is 35.0 Å². The number of likely N-dealkylation sites (tertiary alicyclic amines) is 1. The lowest BCUT2D eigenvalue weighted by Gasteiger charge is -2.33. The van der Waals surface area contributed by atoms with Crippen LogP contribution < -0.4 is 0 Å². The van der Waals surface area contributed by atoms with Crippen LogP contribution in [0, 0.1) is 0 Å². The van der Waals surface area contributed by atoms with Crippen LogP contribution in [-0.2, 0) is 6.42 Å². The predicted molar refractivity (Wildman–Crippen MR) is 116 cm³/mol. The summed E-state index contributed by atoms with van der Waals surface area (Å²) in [5, 5.41) is 11.2. The molecule has 2 aromatic heterocycles. The average Bonchev–Trinajstić information content (AvgIpc) is 3.48. The number of nitrogens with one attached hydrogen (secondary N) is 1. The highest BCUT2D eigenvalue weighted by atomic mass is 16.5. The van der Waals surface area contributed by atoms with E-state index in [0.29, 0.717) is 30.4 Å². The van der Waals surface area contributed by atoms with Crippen LogP contribution in [0.1, 0.15) is 96.5 Å². The van der Waals surface area contributed by atoms with Crippen molar-refractivity contribution in [1.82, 2.24) is 25.2 Å². The van der Waals surface area contributed by atoms with E-state index in [-0.39, 0.29) is 17.7 Å². The van der Waals surface area contributed by atoms with Crippen molar-refractivity contribution in [2.45, 2.75) is 76.7 Å². The summed E-state index contributed by atoms with van der Waals surface area (Å²) in [5.74, 6) is 0.717. The number of H-pyrrole nitrogens is 1. The normalized spacial score (nSPS) is 20.1. The van der Waals surface area contributed by atoms with E-state index in [1.54, 1.807) is 12.3 Å². The molecule has 1 aliphatic heterocycles.